The van der Waals surface area contributed by atoms with Crippen LogP contribution in [0.3, 0.4) is 0 Å². The molecule has 2 aliphatic rings. The Morgan fingerprint density at radius 1 is 1.28 bits per heavy atom. The average Bonchev–Trinajstić information content (AvgIpc) is 3.07. The van der Waals surface area contributed by atoms with Crippen LogP contribution in [-0.4, -0.2) is 57.4 Å². The number of carbonyl (C=O) groups excluding carboxylic acids is 1. The van der Waals surface area contributed by atoms with Crippen LogP contribution in [0.15, 0.2) is 36.8 Å². The zero-order valence-corrected chi connectivity index (χ0v) is 14.5. The highest BCUT2D eigenvalue weighted by molar-refractivity contribution is 5.94. The van der Waals surface area contributed by atoms with E-state index in [2.05, 4.69) is 21.0 Å². The van der Waals surface area contributed by atoms with Gasteiger partial charge in [0.05, 0.1) is 29.7 Å². The largest absolute Gasteiger partial charge is 0.363 e. The Morgan fingerprint density at radius 3 is 2.80 bits per heavy atom. The number of aryl methyl sites for hydroxylation is 1. The summed E-state index contributed by atoms with van der Waals surface area (Å²) < 4.78 is 7.74. The third-order valence-electron chi connectivity index (χ3n) is 5.13. The fraction of sp³-hybridized carbons (Fsp3) is 0.500. The number of pyridine rings is 1. The van der Waals surface area contributed by atoms with E-state index in [1.54, 1.807) is 10.9 Å². The number of morpholine rings is 1. The van der Waals surface area contributed by atoms with Crippen LogP contribution in [0.1, 0.15) is 18.5 Å². The molecule has 25 heavy (non-hydrogen) atoms. The Hall–Kier alpha value is -2.25. The van der Waals surface area contributed by atoms with Crippen LogP contribution in [0.2, 0.25) is 0 Å². The first-order valence-electron chi connectivity index (χ1n) is 8.69. The maximum Gasteiger partial charge on any atom is 0.253 e. The van der Waals surface area contributed by atoms with Gasteiger partial charge in [0.25, 0.3) is 5.91 Å². The average molecular weight is 341 g/mol. The van der Waals surface area contributed by atoms with Gasteiger partial charge in [-0.2, -0.15) is 5.10 Å². The number of nitrogens with zero attached hydrogens (tertiary/aromatic N) is 5. The van der Waals surface area contributed by atoms with E-state index in [-0.39, 0.29) is 18.1 Å². The summed E-state index contributed by atoms with van der Waals surface area (Å²) in [5.41, 5.74) is 1.70. The smallest absolute Gasteiger partial charge is 0.253 e. The summed E-state index contributed by atoms with van der Waals surface area (Å²) in [6.07, 6.45) is 7.30. The number of anilines is 1. The summed E-state index contributed by atoms with van der Waals surface area (Å²) >= 11 is 0. The molecule has 2 aliphatic heterocycles. The second-order valence-electron chi connectivity index (χ2n) is 6.92. The molecule has 0 N–H and O–H groups in total. The number of hydrogen-bond donors (Lipinski definition) is 0. The van der Waals surface area contributed by atoms with Crippen LogP contribution in [0.25, 0.3) is 0 Å². The third-order valence-corrected chi connectivity index (χ3v) is 5.13. The van der Waals surface area contributed by atoms with Gasteiger partial charge in [-0.15, -0.1) is 0 Å². The lowest BCUT2D eigenvalue weighted by Crippen LogP contribution is -2.58. The summed E-state index contributed by atoms with van der Waals surface area (Å²) in [6.45, 7) is 3.52. The highest BCUT2D eigenvalue weighted by Gasteiger charge is 2.42. The van der Waals surface area contributed by atoms with E-state index >= 15 is 0 Å². The van der Waals surface area contributed by atoms with Crippen molar-refractivity contribution in [1.82, 2.24) is 19.7 Å². The number of amides is 1. The lowest BCUT2D eigenvalue weighted by Gasteiger charge is -2.46. The molecule has 0 radical (unpaired) electrons. The molecule has 7 heteroatoms. The predicted molar refractivity (Wildman–Crippen MR) is 93.0 cm³/mol. The number of ether oxygens (including phenoxy) is 1. The minimum atomic E-state index is -0.246. The molecule has 2 aromatic heterocycles. The number of rotatable bonds is 3. The molecule has 0 atom stereocenters. The maximum atomic E-state index is 12.3. The molecule has 0 unspecified atom stereocenters. The molecule has 0 bridgehead atoms. The Bertz CT molecular complexity index is 737. The van der Waals surface area contributed by atoms with E-state index in [0.29, 0.717) is 6.54 Å². The standard InChI is InChI=1S/C18H23N5O2/c1-21-12-16(10-20-21)23-14-18(25-13-17(23)24)5-8-22(9-6-18)11-15-4-2-3-7-19-15/h2-4,7,10,12H,5-6,8-9,11,13-14H2,1H3. The van der Waals surface area contributed by atoms with Crippen LogP contribution in [0.4, 0.5) is 5.69 Å². The van der Waals surface area contributed by atoms with Gasteiger partial charge in [0.15, 0.2) is 0 Å². The van der Waals surface area contributed by atoms with E-state index in [1.165, 1.54) is 0 Å². The quantitative estimate of drug-likeness (QED) is 0.840. The van der Waals surface area contributed by atoms with Gasteiger partial charge in [-0.3, -0.25) is 19.4 Å². The number of piperidine rings is 1. The molecule has 132 valence electrons. The summed E-state index contributed by atoms with van der Waals surface area (Å²) in [7, 11) is 1.86. The van der Waals surface area contributed by atoms with Crippen molar-refractivity contribution >= 4 is 11.6 Å². The Labute approximate surface area is 147 Å². The highest BCUT2D eigenvalue weighted by Crippen LogP contribution is 2.32. The van der Waals surface area contributed by atoms with E-state index in [4.69, 9.17) is 4.74 Å². The van der Waals surface area contributed by atoms with Gasteiger partial charge >= 0.3 is 0 Å². The van der Waals surface area contributed by atoms with Crippen molar-refractivity contribution in [2.45, 2.75) is 25.0 Å². The van der Waals surface area contributed by atoms with Crippen molar-refractivity contribution in [2.75, 3.05) is 31.1 Å². The zero-order chi connectivity index (χ0) is 17.3. The van der Waals surface area contributed by atoms with Crippen LogP contribution in [0.5, 0.6) is 0 Å². The molecule has 2 saturated heterocycles. The van der Waals surface area contributed by atoms with Crippen molar-refractivity contribution < 1.29 is 9.53 Å². The van der Waals surface area contributed by atoms with E-state index in [9.17, 15) is 4.79 Å². The molecule has 0 aliphatic carbocycles. The Kier molecular flexibility index (Phi) is 4.27. The van der Waals surface area contributed by atoms with Crippen molar-refractivity contribution in [1.29, 1.82) is 0 Å². The van der Waals surface area contributed by atoms with Gasteiger partial charge in [0, 0.05) is 39.1 Å². The van der Waals surface area contributed by atoms with E-state index in [1.807, 2.05) is 36.5 Å². The fourth-order valence-electron chi connectivity index (χ4n) is 3.64. The molecule has 0 aromatic carbocycles. The maximum absolute atomic E-state index is 12.3. The molecule has 7 nitrogen and oxygen atoms in total. The normalized spacial score (nSPS) is 21.0. The Balaban J connectivity index is 1.41. The second-order valence-corrected chi connectivity index (χ2v) is 6.92. The van der Waals surface area contributed by atoms with Crippen molar-refractivity contribution in [3.05, 3.63) is 42.5 Å². The molecular weight excluding hydrogens is 318 g/mol. The third kappa shape index (κ3) is 3.43. The number of hydrogen-bond acceptors (Lipinski definition) is 5. The summed E-state index contributed by atoms with van der Waals surface area (Å²) in [4.78, 5) is 20.9. The lowest BCUT2D eigenvalue weighted by atomic mass is 9.89. The monoisotopic (exact) mass is 341 g/mol. The topological polar surface area (TPSA) is 63.5 Å². The molecule has 2 fully saturated rings. The Morgan fingerprint density at radius 2 is 2.12 bits per heavy atom. The second kappa shape index (κ2) is 6.57. The first-order valence-corrected chi connectivity index (χ1v) is 8.69. The van der Waals surface area contributed by atoms with Gasteiger partial charge in [-0.1, -0.05) is 6.07 Å². The van der Waals surface area contributed by atoms with Crippen LogP contribution < -0.4 is 4.90 Å². The molecule has 1 spiro atoms. The number of carbonyl (C=O) groups is 1. The van der Waals surface area contributed by atoms with Gasteiger partial charge in [0.1, 0.15) is 6.61 Å². The predicted octanol–water partition coefficient (Wildman–Crippen LogP) is 1.21. The van der Waals surface area contributed by atoms with Gasteiger partial charge in [0.2, 0.25) is 0 Å². The molecule has 4 rings (SSSR count). The summed E-state index contributed by atoms with van der Waals surface area (Å²) in [5, 5.41) is 4.19. The highest BCUT2D eigenvalue weighted by atomic mass is 16.5. The van der Waals surface area contributed by atoms with E-state index in [0.717, 1.165) is 43.9 Å². The molecular formula is C18H23N5O2. The number of aromatic nitrogens is 3. The lowest BCUT2D eigenvalue weighted by molar-refractivity contribution is -0.145. The molecule has 2 aromatic rings. The molecule has 4 heterocycles. The SMILES string of the molecule is Cn1cc(N2CC3(CCN(Cc4ccccn4)CC3)OCC2=O)cn1. The van der Waals surface area contributed by atoms with Gasteiger partial charge in [-0.25, -0.2) is 0 Å². The van der Waals surface area contributed by atoms with Crippen molar-refractivity contribution in [2.24, 2.45) is 7.05 Å². The zero-order valence-electron chi connectivity index (χ0n) is 14.5. The first kappa shape index (κ1) is 16.2. The van der Waals surface area contributed by atoms with Crippen molar-refractivity contribution in [3.8, 4) is 0 Å². The minimum Gasteiger partial charge on any atom is -0.363 e. The molecule has 0 saturated carbocycles. The first-order chi connectivity index (χ1) is 12.1. The van der Waals surface area contributed by atoms with Crippen molar-refractivity contribution in [3.63, 3.8) is 0 Å². The minimum absolute atomic E-state index is 0.00883. The number of likely N-dealkylation sites (tertiary alicyclic amines) is 1. The summed E-state index contributed by atoms with van der Waals surface area (Å²) in [5.74, 6) is 0.00883. The van der Waals surface area contributed by atoms with Gasteiger partial charge in [-0.05, 0) is 25.0 Å². The van der Waals surface area contributed by atoms with Crippen LogP contribution >= 0.6 is 0 Å². The van der Waals surface area contributed by atoms with Gasteiger partial charge < -0.3 is 9.64 Å². The van der Waals surface area contributed by atoms with Crippen LogP contribution in [-0.2, 0) is 23.1 Å². The fourth-order valence-corrected chi connectivity index (χ4v) is 3.64. The van der Waals surface area contributed by atoms with Crippen LogP contribution in [0, 0.1) is 0 Å². The summed E-state index contributed by atoms with van der Waals surface area (Å²) in [6, 6.07) is 6.02. The van der Waals surface area contributed by atoms with E-state index < -0.39 is 0 Å². The molecule has 1 amide bonds.